The van der Waals surface area contributed by atoms with E-state index in [0.717, 1.165) is 31.6 Å². The Kier molecular flexibility index (Phi) is 5.07. The van der Waals surface area contributed by atoms with Crippen LogP contribution in [0.4, 0.5) is 4.79 Å². The highest BCUT2D eigenvalue weighted by atomic mass is 16.4. The van der Waals surface area contributed by atoms with Crippen LogP contribution in [0.3, 0.4) is 0 Å². The first kappa shape index (κ1) is 18.5. The van der Waals surface area contributed by atoms with Crippen molar-refractivity contribution in [1.82, 2.24) is 19.8 Å². The van der Waals surface area contributed by atoms with E-state index in [1.165, 1.54) is 5.56 Å². The van der Waals surface area contributed by atoms with E-state index < -0.39 is 11.4 Å². The van der Waals surface area contributed by atoms with Gasteiger partial charge in [0.1, 0.15) is 5.82 Å². The molecule has 1 saturated carbocycles. The molecule has 0 bridgehead atoms. The molecule has 1 aromatic heterocycles. The van der Waals surface area contributed by atoms with Crippen LogP contribution in [0.1, 0.15) is 30.7 Å². The van der Waals surface area contributed by atoms with Crippen molar-refractivity contribution < 1.29 is 14.7 Å². The number of imidazole rings is 1. The van der Waals surface area contributed by atoms with Crippen LogP contribution < -0.4 is 5.32 Å². The van der Waals surface area contributed by atoms with E-state index >= 15 is 0 Å². The Hall–Kier alpha value is -2.83. The Bertz CT molecular complexity index is 850. The Morgan fingerprint density at radius 1 is 1.29 bits per heavy atom. The normalized spacial score (nSPS) is 23.6. The summed E-state index contributed by atoms with van der Waals surface area (Å²) in [6.07, 6.45) is 7.05. The molecule has 1 aliphatic heterocycles. The van der Waals surface area contributed by atoms with Gasteiger partial charge in [0.05, 0.1) is 12.0 Å². The number of carboxylic acid groups (broad SMARTS) is 1. The van der Waals surface area contributed by atoms with Gasteiger partial charge in [-0.1, -0.05) is 36.8 Å². The van der Waals surface area contributed by atoms with E-state index in [1.807, 2.05) is 29.0 Å². The standard InChI is InChI=1S/C21H26N4O3/c26-19(27)21-9-4-7-17(21)14-25(15-21)20(28)23-13-18-22-10-12-24(18)11-8-16-5-2-1-3-6-16/h1-3,5-6,10,12,17H,4,7-9,11,13-15H2,(H,23,28)(H,26,27)/t17-,21+/m0/s1. The minimum atomic E-state index is -0.762. The third kappa shape index (κ3) is 3.48. The van der Waals surface area contributed by atoms with Gasteiger partial charge >= 0.3 is 12.0 Å². The first-order valence-corrected chi connectivity index (χ1v) is 9.88. The molecule has 2 heterocycles. The number of benzene rings is 1. The molecule has 2 atom stereocenters. The van der Waals surface area contributed by atoms with Crippen LogP contribution >= 0.6 is 0 Å². The maximum atomic E-state index is 12.6. The molecule has 148 valence electrons. The highest BCUT2D eigenvalue weighted by Gasteiger charge is 2.55. The number of hydrogen-bond acceptors (Lipinski definition) is 3. The minimum absolute atomic E-state index is 0.0728. The minimum Gasteiger partial charge on any atom is -0.481 e. The molecule has 2 fully saturated rings. The van der Waals surface area contributed by atoms with E-state index in [0.29, 0.717) is 26.1 Å². The third-order valence-electron chi connectivity index (χ3n) is 6.27. The number of nitrogens with one attached hydrogen (secondary N) is 1. The molecule has 1 aromatic carbocycles. The molecular formula is C21H26N4O3. The summed E-state index contributed by atoms with van der Waals surface area (Å²) in [6.45, 7) is 1.97. The zero-order valence-electron chi connectivity index (χ0n) is 15.9. The molecule has 2 N–H and O–H groups in total. The van der Waals surface area contributed by atoms with Crippen LogP contribution in [0.25, 0.3) is 0 Å². The van der Waals surface area contributed by atoms with E-state index in [1.54, 1.807) is 11.1 Å². The van der Waals surface area contributed by atoms with Gasteiger partial charge in [-0.05, 0) is 30.7 Å². The number of aliphatic carboxylic acids is 1. The molecule has 0 unspecified atom stereocenters. The molecule has 28 heavy (non-hydrogen) atoms. The summed E-state index contributed by atoms with van der Waals surface area (Å²) in [4.78, 5) is 30.4. The number of carbonyl (C=O) groups excluding carboxylic acids is 1. The van der Waals surface area contributed by atoms with E-state index in [-0.39, 0.29) is 11.9 Å². The second-order valence-corrected chi connectivity index (χ2v) is 7.86. The lowest BCUT2D eigenvalue weighted by atomic mass is 9.81. The first-order chi connectivity index (χ1) is 13.6. The number of fused-ring (bicyclic) bond motifs is 1. The Labute approximate surface area is 164 Å². The van der Waals surface area contributed by atoms with E-state index in [9.17, 15) is 14.7 Å². The number of urea groups is 1. The smallest absolute Gasteiger partial charge is 0.317 e. The number of rotatable bonds is 6. The van der Waals surface area contributed by atoms with Gasteiger partial charge in [-0.15, -0.1) is 0 Å². The zero-order chi connectivity index (χ0) is 19.6. The monoisotopic (exact) mass is 382 g/mol. The average Bonchev–Trinajstić information content (AvgIpc) is 3.39. The molecular weight excluding hydrogens is 356 g/mol. The van der Waals surface area contributed by atoms with Gasteiger partial charge in [-0.3, -0.25) is 4.79 Å². The van der Waals surface area contributed by atoms with Crippen molar-refractivity contribution in [3.8, 4) is 0 Å². The molecule has 1 aliphatic carbocycles. The number of likely N-dealkylation sites (tertiary alicyclic amines) is 1. The van der Waals surface area contributed by atoms with Crippen molar-refractivity contribution in [2.45, 2.75) is 38.8 Å². The third-order valence-corrected chi connectivity index (χ3v) is 6.27. The summed E-state index contributed by atoms with van der Waals surface area (Å²) >= 11 is 0. The summed E-state index contributed by atoms with van der Waals surface area (Å²) in [5.41, 5.74) is 0.514. The average molecular weight is 382 g/mol. The molecule has 2 aromatic rings. The zero-order valence-corrected chi connectivity index (χ0v) is 15.9. The molecule has 4 rings (SSSR count). The number of aryl methyl sites for hydroxylation is 2. The van der Waals surface area contributed by atoms with Crippen LogP contribution in [0.5, 0.6) is 0 Å². The largest absolute Gasteiger partial charge is 0.481 e. The van der Waals surface area contributed by atoms with Gasteiger partial charge in [0.15, 0.2) is 0 Å². The topological polar surface area (TPSA) is 87.5 Å². The highest BCUT2D eigenvalue weighted by molar-refractivity contribution is 5.80. The van der Waals surface area contributed by atoms with E-state index in [4.69, 9.17) is 0 Å². The fourth-order valence-corrected chi connectivity index (χ4v) is 4.67. The SMILES string of the molecule is O=C(NCc1nccn1CCc1ccccc1)N1C[C@@H]2CCC[C@@]2(C(=O)O)C1. The lowest BCUT2D eigenvalue weighted by Gasteiger charge is -2.23. The van der Waals surface area contributed by atoms with Crippen molar-refractivity contribution in [2.75, 3.05) is 13.1 Å². The van der Waals surface area contributed by atoms with Crippen molar-refractivity contribution in [2.24, 2.45) is 11.3 Å². The summed E-state index contributed by atoms with van der Waals surface area (Å²) in [7, 11) is 0. The maximum Gasteiger partial charge on any atom is 0.317 e. The molecule has 7 heteroatoms. The first-order valence-electron chi connectivity index (χ1n) is 9.88. The van der Waals surface area contributed by atoms with Gasteiger partial charge < -0.3 is 19.9 Å². The van der Waals surface area contributed by atoms with Crippen LogP contribution in [0.15, 0.2) is 42.7 Å². The fourth-order valence-electron chi connectivity index (χ4n) is 4.67. The van der Waals surface area contributed by atoms with Gasteiger partial charge in [0, 0.05) is 32.0 Å². The lowest BCUT2D eigenvalue weighted by molar-refractivity contribution is -0.149. The van der Waals surface area contributed by atoms with Gasteiger partial charge in [-0.2, -0.15) is 0 Å². The van der Waals surface area contributed by atoms with Gasteiger partial charge in [-0.25, -0.2) is 9.78 Å². The van der Waals surface area contributed by atoms with Crippen molar-refractivity contribution >= 4 is 12.0 Å². The van der Waals surface area contributed by atoms with Crippen LogP contribution in [-0.4, -0.2) is 44.6 Å². The maximum absolute atomic E-state index is 12.6. The Morgan fingerprint density at radius 3 is 2.86 bits per heavy atom. The summed E-state index contributed by atoms with van der Waals surface area (Å²) in [5, 5.41) is 12.6. The molecule has 7 nitrogen and oxygen atoms in total. The molecule has 2 aliphatic rings. The summed E-state index contributed by atoms with van der Waals surface area (Å²) in [6, 6.07) is 10.1. The van der Waals surface area contributed by atoms with Crippen LogP contribution in [0, 0.1) is 11.3 Å². The predicted octanol–water partition coefficient (Wildman–Crippen LogP) is 2.52. The molecule has 0 radical (unpaired) electrons. The van der Waals surface area contributed by atoms with Crippen molar-refractivity contribution in [3.05, 3.63) is 54.1 Å². The second-order valence-electron chi connectivity index (χ2n) is 7.86. The van der Waals surface area contributed by atoms with Gasteiger partial charge in [0.25, 0.3) is 0 Å². The number of carbonyl (C=O) groups is 2. The predicted molar refractivity (Wildman–Crippen MR) is 104 cm³/mol. The second kappa shape index (κ2) is 7.66. The quantitative estimate of drug-likeness (QED) is 0.804. The number of amides is 2. The number of hydrogen-bond donors (Lipinski definition) is 2. The number of aromatic nitrogens is 2. The highest BCUT2D eigenvalue weighted by Crippen LogP contribution is 2.48. The van der Waals surface area contributed by atoms with Gasteiger partial charge in [0.2, 0.25) is 0 Å². The molecule has 2 amide bonds. The Balaban J connectivity index is 1.32. The summed E-state index contributed by atoms with van der Waals surface area (Å²) in [5.74, 6) is 0.113. The van der Waals surface area contributed by atoms with E-state index in [2.05, 4.69) is 22.4 Å². The van der Waals surface area contributed by atoms with Crippen LogP contribution in [-0.2, 0) is 24.3 Å². The van der Waals surface area contributed by atoms with Crippen molar-refractivity contribution in [1.29, 1.82) is 0 Å². The lowest BCUT2D eigenvalue weighted by Crippen LogP contribution is -2.41. The number of nitrogens with zero attached hydrogens (tertiary/aromatic N) is 3. The molecule has 1 saturated heterocycles. The van der Waals surface area contributed by atoms with Crippen molar-refractivity contribution in [3.63, 3.8) is 0 Å². The van der Waals surface area contributed by atoms with Crippen LogP contribution in [0.2, 0.25) is 0 Å². The Morgan fingerprint density at radius 2 is 2.11 bits per heavy atom. The fraction of sp³-hybridized carbons (Fsp3) is 0.476. The number of carboxylic acids is 1. The summed E-state index contributed by atoms with van der Waals surface area (Å²) < 4.78 is 2.05. The molecule has 0 spiro atoms.